The van der Waals surface area contributed by atoms with Crippen LogP contribution >= 0.6 is 11.3 Å². The summed E-state index contributed by atoms with van der Waals surface area (Å²) in [5.74, 6) is 1.84. The van der Waals surface area contributed by atoms with Crippen molar-refractivity contribution in [2.75, 3.05) is 26.2 Å². The molecule has 1 saturated heterocycles. The highest BCUT2D eigenvalue weighted by Gasteiger charge is 2.25. The predicted octanol–water partition coefficient (Wildman–Crippen LogP) is 2.94. The Morgan fingerprint density at radius 3 is 2.88 bits per heavy atom. The van der Waals surface area contributed by atoms with Crippen molar-refractivity contribution in [3.8, 4) is 0 Å². The molecule has 0 bridgehead atoms. The van der Waals surface area contributed by atoms with Gasteiger partial charge in [0.2, 0.25) is 0 Å². The van der Waals surface area contributed by atoms with Crippen LogP contribution in [0.15, 0.2) is 34.0 Å². The van der Waals surface area contributed by atoms with Crippen LogP contribution in [-0.4, -0.2) is 42.0 Å². The number of nitrogens with zero attached hydrogens (tertiary/aromatic N) is 3. The van der Waals surface area contributed by atoms with Crippen LogP contribution < -0.4 is 10.6 Å². The first-order valence-corrected chi connectivity index (χ1v) is 9.79. The minimum atomic E-state index is 0.239. The Bertz CT molecular complexity index is 661. The molecule has 6 nitrogen and oxygen atoms in total. The molecule has 0 amide bonds. The van der Waals surface area contributed by atoms with Gasteiger partial charge in [0.25, 0.3) is 0 Å². The quantitative estimate of drug-likeness (QED) is 0.586. The number of aromatic nitrogens is 1. The van der Waals surface area contributed by atoms with Crippen molar-refractivity contribution < 1.29 is 4.42 Å². The fourth-order valence-corrected chi connectivity index (χ4v) is 3.81. The first-order chi connectivity index (χ1) is 12.3. The third-order valence-electron chi connectivity index (χ3n) is 4.30. The highest BCUT2D eigenvalue weighted by Crippen LogP contribution is 2.24. The molecular formula is C18H27N5OS. The van der Waals surface area contributed by atoms with Crippen LogP contribution in [0.4, 0.5) is 0 Å². The lowest BCUT2D eigenvalue weighted by Gasteiger charge is -2.26. The van der Waals surface area contributed by atoms with Gasteiger partial charge >= 0.3 is 0 Å². The zero-order valence-electron chi connectivity index (χ0n) is 15.0. The van der Waals surface area contributed by atoms with Crippen molar-refractivity contribution in [1.29, 1.82) is 0 Å². The van der Waals surface area contributed by atoms with Gasteiger partial charge in [-0.25, -0.2) is 9.98 Å². The minimum absolute atomic E-state index is 0.239. The Morgan fingerprint density at radius 1 is 1.40 bits per heavy atom. The average molecular weight is 362 g/mol. The summed E-state index contributed by atoms with van der Waals surface area (Å²) in [4.78, 5) is 12.8. The first-order valence-electron chi connectivity index (χ1n) is 8.97. The lowest BCUT2D eigenvalue weighted by atomic mass is 10.2. The van der Waals surface area contributed by atoms with Crippen LogP contribution in [0.2, 0.25) is 0 Å². The van der Waals surface area contributed by atoms with E-state index >= 15 is 0 Å². The SMILES string of the molecule is CCNC(=NCc1ncc(C)s1)NCC(c1ccco1)N1CCCC1. The Morgan fingerprint density at radius 2 is 2.24 bits per heavy atom. The van der Waals surface area contributed by atoms with Gasteiger partial charge in [-0.2, -0.15) is 0 Å². The Hall–Kier alpha value is -1.86. The molecule has 3 rings (SSSR count). The van der Waals surface area contributed by atoms with E-state index in [9.17, 15) is 0 Å². The molecule has 0 radical (unpaired) electrons. The molecule has 7 heteroatoms. The van der Waals surface area contributed by atoms with E-state index in [1.165, 1.54) is 17.7 Å². The van der Waals surface area contributed by atoms with Crippen molar-refractivity contribution in [1.82, 2.24) is 20.5 Å². The van der Waals surface area contributed by atoms with Gasteiger partial charge in [0, 0.05) is 24.2 Å². The summed E-state index contributed by atoms with van der Waals surface area (Å²) in [6.07, 6.45) is 6.17. The van der Waals surface area contributed by atoms with Crippen molar-refractivity contribution >= 4 is 17.3 Å². The largest absolute Gasteiger partial charge is 0.468 e. The highest BCUT2D eigenvalue weighted by molar-refractivity contribution is 7.11. The molecule has 2 N–H and O–H groups in total. The molecule has 1 atom stereocenters. The molecule has 1 aliphatic rings. The van der Waals surface area contributed by atoms with Crippen LogP contribution in [0, 0.1) is 6.92 Å². The van der Waals surface area contributed by atoms with E-state index in [2.05, 4.69) is 45.4 Å². The van der Waals surface area contributed by atoms with E-state index in [1.54, 1.807) is 17.6 Å². The number of aliphatic imine (C=N–C) groups is 1. The third kappa shape index (κ3) is 5.06. The fourth-order valence-electron chi connectivity index (χ4n) is 3.10. The third-order valence-corrected chi connectivity index (χ3v) is 5.20. The number of rotatable bonds is 7. The topological polar surface area (TPSA) is 65.7 Å². The molecule has 1 aliphatic heterocycles. The molecule has 1 unspecified atom stereocenters. The lowest BCUT2D eigenvalue weighted by Crippen LogP contribution is -2.42. The van der Waals surface area contributed by atoms with Crippen molar-refractivity contribution in [2.45, 2.75) is 39.3 Å². The number of likely N-dealkylation sites (tertiary alicyclic amines) is 1. The molecule has 25 heavy (non-hydrogen) atoms. The van der Waals surface area contributed by atoms with E-state index in [1.807, 2.05) is 12.3 Å². The second kappa shape index (κ2) is 9.01. The highest BCUT2D eigenvalue weighted by atomic mass is 32.1. The molecule has 2 aromatic heterocycles. The molecule has 0 aliphatic carbocycles. The number of guanidine groups is 1. The Balaban J connectivity index is 1.63. The maximum atomic E-state index is 5.68. The summed E-state index contributed by atoms with van der Waals surface area (Å²) in [6, 6.07) is 4.26. The van der Waals surface area contributed by atoms with Crippen molar-refractivity contribution in [3.63, 3.8) is 0 Å². The van der Waals surface area contributed by atoms with Gasteiger partial charge in [-0.05, 0) is 51.9 Å². The maximum Gasteiger partial charge on any atom is 0.191 e. The number of hydrogen-bond donors (Lipinski definition) is 2. The van der Waals surface area contributed by atoms with Gasteiger partial charge in [-0.1, -0.05) is 0 Å². The smallest absolute Gasteiger partial charge is 0.191 e. The van der Waals surface area contributed by atoms with Gasteiger partial charge in [0.05, 0.1) is 18.8 Å². The van der Waals surface area contributed by atoms with Gasteiger partial charge in [-0.3, -0.25) is 4.90 Å². The Labute approximate surface area is 153 Å². The first kappa shape index (κ1) is 17.9. The zero-order valence-corrected chi connectivity index (χ0v) is 15.8. The molecule has 0 spiro atoms. The molecule has 3 heterocycles. The fraction of sp³-hybridized carbons (Fsp3) is 0.556. The van der Waals surface area contributed by atoms with Gasteiger partial charge < -0.3 is 15.1 Å². The van der Waals surface area contributed by atoms with E-state index in [-0.39, 0.29) is 6.04 Å². The normalized spacial score (nSPS) is 17.0. The Kier molecular flexibility index (Phi) is 6.47. The number of thiazole rings is 1. The predicted molar refractivity (Wildman–Crippen MR) is 102 cm³/mol. The molecule has 136 valence electrons. The van der Waals surface area contributed by atoms with E-state index in [4.69, 9.17) is 4.42 Å². The minimum Gasteiger partial charge on any atom is -0.468 e. The molecule has 0 saturated carbocycles. The molecule has 1 fully saturated rings. The van der Waals surface area contributed by atoms with Crippen LogP contribution in [0.5, 0.6) is 0 Å². The van der Waals surface area contributed by atoms with Gasteiger partial charge in [-0.15, -0.1) is 11.3 Å². The van der Waals surface area contributed by atoms with Crippen LogP contribution in [0.25, 0.3) is 0 Å². The lowest BCUT2D eigenvalue weighted by molar-refractivity contribution is 0.215. The number of furan rings is 1. The molecular weight excluding hydrogens is 334 g/mol. The summed E-state index contributed by atoms with van der Waals surface area (Å²) in [5, 5.41) is 7.83. The summed E-state index contributed by atoms with van der Waals surface area (Å²) in [6.45, 7) is 8.60. The van der Waals surface area contributed by atoms with Crippen molar-refractivity contribution in [2.24, 2.45) is 4.99 Å². The molecule has 0 aromatic carbocycles. The summed E-state index contributed by atoms with van der Waals surface area (Å²) < 4.78 is 5.68. The second-order valence-electron chi connectivity index (χ2n) is 6.22. The number of hydrogen-bond acceptors (Lipinski definition) is 5. The van der Waals surface area contributed by atoms with E-state index in [0.717, 1.165) is 42.9 Å². The van der Waals surface area contributed by atoms with E-state index < -0.39 is 0 Å². The number of aryl methyl sites for hydroxylation is 1. The average Bonchev–Trinajstić information content (AvgIpc) is 3.36. The molecule has 2 aromatic rings. The number of nitrogens with one attached hydrogen (secondary N) is 2. The van der Waals surface area contributed by atoms with Crippen LogP contribution in [0.3, 0.4) is 0 Å². The summed E-state index contributed by atoms with van der Waals surface area (Å²) >= 11 is 1.69. The van der Waals surface area contributed by atoms with E-state index in [0.29, 0.717) is 6.54 Å². The zero-order chi connectivity index (χ0) is 17.5. The monoisotopic (exact) mass is 361 g/mol. The second-order valence-corrected chi connectivity index (χ2v) is 7.53. The van der Waals surface area contributed by atoms with Gasteiger partial charge in [0.15, 0.2) is 5.96 Å². The van der Waals surface area contributed by atoms with Crippen molar-refractivity contribution in [3.05, 3.63) is 40.2 Å². The summed E-state index contributed by atoms with van der Waals surface area (Å²) in [7, 11) is 0. The standard InChI is InChI=1S/C18H27N5OS/c1-3-19-18(22-13-17-20-11-14(2)25-17)21-12-15(16-7-6-10-24-16)23-8-4-5-9-23/h6-7,10-11,15H,3-5,8-9,12-13H2,1-2H3,(H2,19,21,22). The maximum absolute atomic E-state index is 5.68. The van der Waals surface area contributed by atoms with Gasteiger partial charge in [0.1, 0.15) is 10.8 Å². The van der Waals surface area contributed by atoms with Crippen LogP contribution in [0.1, 0.15) is 41.5 Å². The summed E-state index contributed by atoms with van der Waals surface area (Å²) in [5.41, 5.74) is 0. The van der Waals surface area contributed by atoms with Crippen LogP contribution in [-0.2, 0) is 6.54 Å².